The van der Waals surface area contributed by atoms with E-state index in [-0.39, 0.29) is 24.9 Å². The zero-order valence-electron chi connectivity index (χ0n) is 18.7. The molecule has 1 aliphatic rings. The van der Waals surface area contributed by atoms with Gasteiger partial charge in [-0.15, -0.1) is 0 Å². The van der Waals surface area contributed by atoms with Gasteiger partial charge in [-0.1, -0.05) is 0 Å². The Kier molecular flexibility index (Phi) is 9.19. The van der Waals surface area contributed by atoms with E-state index in [0.717, 1.165) is 18.8 Å². The Hall–Kier alpha value is -2.52. The molecule has 1 aromatic carbocycles. The van der Waals surface area contributed by atoms with Crippen LogP contribution in [0.15, 0.2) is 12.1 Å². The molecule has 168 valence electrons. The van der Waals surface area contributed by atoms with Gasteiger partial charge in [-0.25, -0.2) is 0 Å². The summed E-state index contributed by atoms with van der Waals surface area (Å²) in [5.41, 5.74) is 1.48. The lowest BCUT2D eigenvalue weighted by Crippen LogP contribution is -2.38. The maximum atomic E-state index is 12.6. The van der Waals surface area contributed by atoms with Gasteiger partial charge < -0.3 is 29.3 Å². The Morgan fingerprint density at radius 1 is 1.03 bits per heavy atom. The number of ether oxygens (including phenoxy) is 3. The average Bonchev–Trinajstić information content (AvgIpc) is 2.70. The van der Waals surface area contributed by atoms with Crippen molar-refractivity contribution in [2.45, 2.75) is 13.8 Å². The number of carbonyl (C=O) groups is 2. The van der Waals surface area contributed by atoms with Crippen molar-refractivity contribution in [3.8, 4) is 11.5 Å². The molecular weight excluding hydrogens is 388 g/mol. The summed E-state index contributed by atoms with van der Waals surface area (Å²) in [7, 11) is 5.11. The van der Waals surface area contributed by atoms with Crippen LogP contribution in [0, 0.1) is 0 Å². The second-order valence-corrected chi connectivity index (χ2v) is 7.29. The molecule has 2 amide bonds. The van der Waals surface area contributed by atoms with Gasteiger partial charge in [0, 0.05) is 39.3 Å². The topological polar surface area (TPSA) is 83.6 Å². The summed E-state index contributed by atoms with van der Waals surface area (Å²) >= 11 is 0. The van der Waals surface area contributed by atoms with Gasteiger partial charge in [0.15, 0.2) is 0 Å². The van der Waals surface area contributed by atoms with Crippen molar-refractivity contribution in [2.75, 3.05) is 84.0 Å². The Bertz CT molecular complexity index is 720. The van der Waals surface area contributed by atoms with Crippen LogP contribution in [0.4, 0.5) is 11.4 Å². The minimum absolute atomic E-state index is 0.0613. The highest BCUT2D eigenvalue weighted by atomic mass is 16.5. The molecule has 1 aliphatic heterocycles. The van der Waals surface area contributed by atoms with E-state index < -0.39 is 0 Å². The lowest BCUT2D eigenvalue weighted by Gasteiger charge is -2.31. The molecule has 30 heavy (non-hydrogen) atoms. The number of benzene rings is 1. The SMILES string of the molecule is CCOc1cc(N2CCOCC2)c(OCC)cc1NC(=O)CN(C)CC(=O)N(C)C. The smallest absolute Gasteiger partial charge is 0.238 e. The summed E-state index contributed by atoms with van der Waals surface area (Å²) in [5.74, 6) is 0.984. The second-order valence-electron chi connectivity index (χ2n) is 7.29. The minimum Gasteiger partial charge on any atom is -0.492 e. The zero-order chi connectivity index (χ0) is 22.1. The molecule has 1 fully saturated rings. The summed E-state index contributed by atoms with van der Waals surface area (Å²) in [5, 5.41) is 2.90. The van der Waals surface area contributed by atoms with E-state index in [0.29, 0.717) is 43.6 Å². The Morgan fingerprint density at radius 3 is 2.27 bits per heavy atom. The molecule has 1 heterocycles. The van der Waals surface area contributed by atoms with Gasteiger partial charge in [-0.05, 0) is 20.9 Å². The number of hydrogen-bond acceptors (Lipinski definition) is 7. The summed E-state index contributed by atoms with van der Waals surface area (Å²) in [6.07, 6.45) is 0. The monoisotopic (exact) mass is 422 g/mol. The van der Waals surface area contributed by atoms with E-state index in [4.69, 9.17) is 14.2 Å². The summed E-state index contributed by atoms with van der Waals surface area (Å²) in [6, 6.07) is 3.72. The highest BCUT2D eigenvalue weighted by molar-refractivity contribution is 5.95. The quantitative estimate of drug-likeness (QED) is 0.608. The van der Waals surface area contributed by atoms with Crippen LogP contribution in [0.25, 0.3) is 0 Å². The molecule has 0 bridgehead atoms. The van der Waals surface area contributed by atoms with Gasteiger partial charge in [0.2, 0.25) is 11.8 Å². The van der Waals surface area contributed by atoms with E-state index >= 15 is 0 Å². The number of hydrogen-bond donors (Lipinski definition) is 1. The average molecular weight is 423 g/mol. The van der Waals surface area contributed by atoms with Gasteiger partial charge in [-0.3, -0.25) is 14.5 Å². The fourth-order valence-electron chi connectivity index (χ4n) is 3.11. The third-order valence-corrected chi connectivity index (χ3v) is 4.60. The van der Waals surface area contributed by atoms with Crippen molar-refractivity contribution >= 4 is 23.2 Å². The van der Waals surface area contributed by atoms with Crippen LogP contribution in [0.3, 0.4) is 0 Å². The molecule has 0 aliphatic carbocycles. The van der Waals surface area contributed by atoms with Crippen LogP contribution in [0.1, 0.15) is 13.8 Å². The van der Waals surface area contributed by atoms with Crippen LogP contribution in [0.5, 0.6) is 11.5 Å². The van der Waals surface area contributed by atoms with Gasteiger partial charge in [-0.2, -0.15) is 0 Å². The van der Waals surface area contributed by atoms with Crippen molar-refractivity contribution in [1.82, 2.24) is 9.80 Å². The number of likely N-dealkylation sites (N-methyl/N-ethyl adjacent to an activating group) is 2. The largest absolute Gasteiger partial charge is 0.492 e. The molecule has 1 N–H and O–H groups in total. The first kappa shape index (κ1) is 23.8. The third-order valence-electron chi connectivity index (χ3n) is 4.60. The van der Waals surface area contributed by atoms with Crippen molar-refractivity contribution in [2.24, 2.45) is 0 Å². The molecule has 1 aromatic rings. The van der Waals surface area contributed by atoms with Gasteiger partial charge >= 0.3 is 0 Å². The number of morpholine rings is 1. The highest BCUT2D eigenvalue weighted by Gasteiger charge is 2.21. The molecule has 0 radical (unpaired) electrons. The molecule has 0 atom stereocenters. The molecule has 2 rings (SSSR count). The molecule has 0 saturated carbocycles. The van der Waals surface area contributed by atoms with Crippen molar-refractivity contribution in [3.05, 3.63) is 12.1 Å². The number of anilines is 2. The van der Waals surface area contributed by atoms with Crippen molar-refractivity contribution in [3.63, 3.8) is 0 Å². The van der Waals surface area contributed by atoms with Gasteiger partial charge in [0.1, 0.15) is 11.5 Å². The van der Waals surface area contributed by atoms with Crippen LogP contribution in [-0.2, 0) is 14.3 Å². The van der Waals surface area contributed by atoms with Crippen LogP contribution >= 0.6 is 0 Å². The maximum Gasteiger partial charge on any atom is 0.238 e. The summed E-state index contributed by atoms with van der Waals surface area (Å²) in [4.78, 5) is 29.8. The fraction of sp³-hybridized carbons (Fsp3) is 0.619. The van der Waals surface area contributed by atoms with Gasteiger partial charge in [0.25, 0.3) is 0 Å². The second kappa shape index (κ2) is 11.6. The number of rotatable bonds is 10. The zero-order valence-corrected chi connectivity index (χ0v) is 18.7. The van der Waals surface area contributed by atoms with E-state index in [1.54, 1.807) is 26.0 Å². The molecule has 9 nitrogen and oxygen atoms in total. The minimum atomic E-state index is -0.230. The number of amides is 2. The van der Waals surface area contributed by atoms with Crippen LogP contribution in [0.2, 0.25) is 0 Å². The molecular formula is C21H34N4O5. The molecule has 0 spiro atoms. The first-order valence-corrected chi connectivity index (χ1v) is 10.3. The number of nitrogens with zero attached hydrogens (tertiary/aromatic N) is 3. The molecule has 0 unspecified atom stereocenters. The predicted octanol–water partition coefficient (Wildman–Crippen LogP) is 1.28. The van der Waals surface area contributed by atoms with Gasteiger partial charge in [0.05, 0.1) is 50.9 Å². The number of nitrogens with one attached hydrogen (secondary N) is 1. The molecule has 1 saturated heterocycles. The fourth-order valence-corrected chi connectivity index (χ4v) is 3.11. The Labute approximate surface area is 178 Å². The standard InChI is InChI=1S/C21H34N4O5/c1-6-29-18-13-17(25-8-10-28-11-9-25)19(30-7-2)12-16(18)22-20(26)14-24(5)15-21(27)23(3)4/h12-13H,6-11,14-15H2,1-5H3,(H,22,26). The molecule has 9 heteroatoms. The lowest BCUT2D eigenvalue weighted by atomic mass is 10.2. The maximum absolute atomic E-state index is 12.6. The Morgan fingerprint density at radius 2 is 1.67 bits per heavy atom. The van der Waals surface area contributed by atoms with E-state index in [2.05, 4.69) is 10.2 Å². The number of carbonyl (C=O) groups excluding carboxylic acids is 2. The normalized spacial score (nSPS) is 13.9. The first-order chi connectivity index (χ1) is 14.3. The highest BCUT2D eigenvalue weighted by Crippen LogP contribution is 2.39. The van der Waals surface area contributed by atoms with Crippen LogP contribution < -0.4 is 19.7 Å². The van der Waals surface area contributed by atoms with E-state index in [9.17, 15) is 9.59 Å². The van der Waals surface area contributed by atoms with Crippen molar-refractivity contribution < 1.29 is 23.8 Å². The summed E-state index contributed by atoms with van der Waals surface area (Å²) < 4.78 is 17.1. The Balaban J connectivity index is 2.19. The summed E-state index contributed by atoms with van der Waals surface area (Å²) in [6.45, 7) is 7.90. The van der Waals surface area contributed by atoms with E-state index in [1.165, 1.54) is 4.90 Å². The first-order valence-electron chi connectivity index (χ1n) is 10.3. The van der Waals surface area contributed by atoms with Crippen LogP contribution in [-0.4, -0.2) is 95.4 Å². The van der Waals surface area contributed by atoms with Crippen molar-refractivity contribution in [1.29, 1.82) is 0 Å². The lowest BCUT2D eigenvalue weighted by molar-refractivity contribution is -0.130. The molecule has 0 aromatic heterocycles. The predicted molar refractivity (Wildman–Crippen MR) is 117 cm³/mol. The van der Waals surface area contributed by atoms with E-state index in [1.807, 2.05) is 26.0 Å². The third kappa shape index (κ3) is 6.77.